The number of carbonyl (C=O) groups excluding carboxylic acids is 2. The first kappa shape index (κ1) is 32.0. The second kappa shape index (κ2) is 12.0. The minimum Gasteiger partial charge on any atom is -0.744 e. The third-order valence-corrected chi connectivity index (χ3v) is 9.25. The highest BCUT2D eigenvalue weighted by molar-refractivity contribution is 7.86. The molecule has 0 aromatic heterocycles. The van der Waals surface area contributed by atoms with Gasteiger partial charge in [0, 0.05) is 22.5 Å². The van der Waals surface area contributed by atoms with E-state index < -0.39 is 41.6 Å². The number of anilines is 4. The van der Waals surface area contributed by atoms with Crippen LogP contribution in [0.4, 0.5) is 22.7 Å². The van der Waals surface area contributed by atoms with E-state index in [0.717, 1.165) is 23.3 Å². The van der Waals surface area contributed by atoms with E-state index in [-0.39, 0.29) is 45.1 Å². The van der Waals surface area contributed by atoms with Crippen LogP contribution in [0.5, 0.6) is 0 Å². The van der Waals surface area contributed by atoms with Gasteiger partial charge in [-0.05, 0) is 71.8 Å². The molecule has 0 fully saturated rings. The fourth-order valence-corrected chi connectivity index (χ4v) is 6.49. The summed E-state index contributed by atoms with van der Waals surface area (Å²) in [6.45, 7) is 0. The average molecular weight is 683 g/mol. The van der Waals surface area contributed by atoms with Gasteiger partial charge < -0.3 is 20.6 Å². The van der Waals surface area contributed by atoms with Crippen molar-refractivity contribution in [3.63, 3.8) is 0 Å². The molecule has 2 aliphatic rings. The van der Waals surface area contributed by atoms with Gasteiger partial charge in [0.15, 0.2) is 0 Å². The molecule has 4 aromatic carbocycles. The van der Waals surface area contributed by atoms with Gasteiger partial charge in [-0.15, -0.1) is 0 Å². The molecule has 0 bridgehead atoms. The van der Waals surface area contributed by atoms with Crippen molar-refractivity contribution in [1.82, 2.24) is 0 Å². The van der Waals surface area contributed by atoms with Crippen molar-refractivity contribution < 1.29 is 35.5 Å². The Morgan fingerprint density at radius 2 is 0.875 bits per heavy atom. The summed E-state index contributed by atoms with van der Waals surface area (Å²) in [5, 5.41) is 8.25. The summed E-state index contributed by atoms with van der Waals surface area (Å²) in [5.41, 5.74) is 19.7. The Balaban J connectivity index is 1.13. The Hall–Kier alpha value is -5.94. The fourth-order valence-electron chi connectivity index (χ4n) is 5.14. The number of nitrogen functional groups attached to an aromatic ring is 2. The van der Waals surface area contributed by atoms with Gasteiger partial charge >= 0.3 is 0 Å². The summed E-state index contributed by atoms with van der Waals surface area (Å²) in [7, 11) is -9.65. The first-order valence-corrected chi connectivity index (χ1v) is 16.6. The number of nitrogens with two attached hydrogens (primary N) is 2. The summed E-state index contributed by atoms with van der Waals surface area (Å²) >= 11 is 0. The smallest absolute Gasteiger partial charge is 0.215 e. The number of hydrazone groups is 2. The zero-order valence-electron chi connectivity index (χ0n) is 24.4. The topological polar surface area (TPSA) is 249 Å². The monoisotopic (exact) mass is 682 g/mol. The molecule has 0 heterocycles. The van der Waals surface area contributed by atoms with Gasteiger partial charge in [0.25, 0.3) is 0 Å². The van der Waals surface area contributed by atoms with Crippen molar-refractivity contribution >= 4 is 78.1 Å². The minimum absolute atomic E-state index is 0.0162. The normalized spacial score (nSPS) is 15.8. The fraction of sp³-hybridized carbons (Fsp3) is 0. The predicted molar refractivity (Wildman–Crippen MR) is 178 cm³/mol. The number of ketones is 2. The third kappa shape index (κ3) is 6.10. The van der Waals surface area contributed by atoms with Gasteiger partial charge in [-0.2, -0.15) is 10.2 Å². The maximum Gasteiger partial charge on any atom is 0.215 e. The molecule has 2 aliphatic carbocycles. The lowest BCUT2D eigenvalue weighted by Crippen LogP contribution is -2.21. The highest BCUT2D eigenvalue weighted by Crippen LogP contribution is 2.32. The molecule has 6 rings (SSSR count). The van der Waals surface area contributed by atoms with Crippen molar-refractivity contribution in [3.05, 3.63) is 107 Å². The number of allylic oxidation sites excluding steroid dienone is 2. The molecule has 6 N–H and O–H groups in total. The van der Waals surface area contributed by atoms with Crippen LogP contribution in [0.3, 0.4) is 0 Å². The molecule has 242 valence electrons. The number of nitrogens with zero attached hydrogens (tertiary/aromatic N) is 2. The SMILES string of the molecule is Nc1ccc(S(=O)(=O)[O-])c2c1C(=O)C(=NNc1ccc(-c3ccc(NN=C4C=Cc5c(S(=O)(=O)[O-])ccc(N)c5C4=O)cc3)cc1)C=C2. The second-order valence-corrected chi connectivity index (χ2v) is 13.2. The van der Waals surface area contributed by atoms with Crippen molar-refractivity contribution in [3.8, 4) is 11.1 Å². The average Bonchev–Trinajstić information content (AvgIpc) is 3.03. The van der Waals surface area contributed by atoms with E-state index in [4.69, 9.17) is 11.5 Å². The molecule has 0 atom stereocenters. The first-order valence-electron chi connectivity index (χ1n) is 13.8. The van der Waals surface area contributed by atoms with E-state index in [1.807, 2.05) is 24.3 Å². The molecular formula is C32H22N6O8S2-2. The lowest BCUT2D eigenvalue weighted by atomic mass is 9.93. The number of Topliss-reactive ketones (excluding diaryl/α,β-unsaturated/α-hetero) is 2. The van der Waals surface area contributed by atoms with Crippen LogP contribution in [0.2, 0.25) is 0 Å². The Morgan fingerprint density at radius 3 is 1.21 bits per heavy atom. The highest BCUT2D eigenvalue weighted by Gasteiger charge is 2.27. The van der Waals surface area contributed by atoms with E-state index in [0.29, 0.717) is 11.4 Å². The first-order chi connectivity index (χ1) is 22.7. The molecule has 4 aromatic rings. The number of rotatable bonds is 7. The van der Waals surface area contributed by atoms with Crippen LogP contribution in [0, 0.1) is 0 Å². The van der Waals surface area contributed by atoms with Crippen LogP contribution in [-0.4, -0.2) is 48.9 Å². The molecule has 0 radical (unpaired) electrons. The summed E-state index contributed by atoms with van der Waals surface area (Å²) < 4.78 is 69.6. The number of nitrogens with one attached hydrogen (secondary N) is 2. The van der Waals surface area contributed by atoms with Crippen molar-refractivity contribution in [1.29, 1.82) is 0 Å². The number of hydrogen-bond donors (Lipinski definition) is 4. The summed E-state index contributed by atoms with van der Waals surface area (Å²) in [6, 6.07) is 18.7. The molecule has 0 amide bonds. The maximum absolute atomic E-state index is 13.0. The van der Waals surface area contributed by atoms with Crippen LogP contribution in [0.15, 0.2) is 105 Å². The van der Waals surface area contributed by atoms with E-state index in [9.17, 15) is 35.5 Å². The van der Waals surface area contributed by atoms with E-state index in [1.165, 1.54) is 36.4 Å². The number of hydrogen-bond acceptors (Lipinski definition) is 14. The Morgan fingerprint density at radius 1 is 0.521 bits per heavy atom. The predicted octanol–water partition coefficient (Wildman–Crippen LogP) is 3.68. The van der Waals surface area contributed by atoms with Gasteiger partial charge in [0.2, 0.25) is 11.6 Å². The van der Waals surface area contributed by atoms with Crippen LogP contribution >= 0.6 is 0 Å². The minimum atomic E-state index is -4.83. The van der Waals surface area contributed by atoms with Gasteiger partial charge in [0.05, 0.1) is 32.3 Å². The standard InChI is InChI=1S/C32H24N6O8S2/c33-23-11-15-27(47(41,42)43)21-9-13-25(31(39)29(21)23)37-35-19-5-1-17(2-6-19)18-3-7-20(8-4-18)36-38-26-14-10-22-28(48(44,45)46)16-12-24(34)30(22)32(26)40/h1-16,35-36H,33-34H2,(H,41,42,43)(H,44,45,46)/p-2. The number of carbonyl (C=O) groups is 2. The summed E-state index contributed by atoms with van der Waals surface area (Å²) in [4.78, 5) is 24.9. The van der Waals surface area contributed by atoms with Crippen molar-refractivity contribution in [2.75, 3.05) is 22.3 Å². The quantitative estimate of drug-likeness (QED) is 0.124. The molecular weight excluding hydrogens is 661 g/mol. The van der Waals surface area contributed by atoms with Crippen molar-refractivity contribution in [2.45, 2.75) is 9.79 Å². The van der Waals surface area contributed by atoms with Crippen molar-refractivity contribution in [2.24, 2.45) is 10.2 Å². The van der Waals surface area contributed by atoms with Gasteiger partial charge in [-0.3, -0.25) is 20.4 Å². The number of fused-ring (bicyclic) bond motifs is 2. The molecule has 0 unspecified atom stereocenters. The lowest BCUT2D eigenvalue weighted by Gasteiger charge is -2.19. The Labute approximate surface area is 273 Å². The third-order valence-electron chi connectivity index (χ3n) is 7.46. The van der Waals surface area contributed by atoms with Gasteiger partial charge in [0.1, 0.15) is 31.7 Å². The molecule has 14 nitrogen and oxygen atoms in total. The molecule has 0 aliphatic heterocycles. The van der Waals surface area contributed by atoms with Crippen LogP contribution in [-0.2, 0) is 20.2 Å². The summed E-state index contributed by atoms with van der Waals surface area (Å²) in [5.74, 6) is -1.28. The molecule has 48 heavy (non-hydrogen) atoms. The molecule has 0 saturated carbocycles. The van der Waals surface area contributed by atoms with Crippen LogP contribution in [0.25, 0.3) is 23.3 Å². The van der Waals surface area contributed by atoms with E-state index >= 15 is 0 Å². The van der Waals surface area contributed by atoms with Gasteiger partial charge in [-0.1, -0.05) is 36.4 Å². The van der Waals surface area contributed by atoms with Gasteiger partial charge in [-0.25, -0.2) is 16.8 Å². The molecule has 16 heteroatoms. The molecule has 0 spiro atoms. The zero-order valence-corrected chi connectivity index (χ0v) is 26.0. The van der Waals surface area contributed by atoms with E-state index in [2.05, 4.69) is 21.1 Å². The Bertz CT molecular complexity index is 2210. The Kier molecular flexibility index (Phi) is 8.01. The summed E-state index contributed by atoms with van der Waals surface area (Å²) in [6.07, 6.45) is 5.22. The maximum atomic E-state index is 13.0. The number of benzene rings is 4. The zero-order chi connectivity index (χ0) is 34.4. The lowest BCUT2D eigenvalue weighted by molar-refractivity contribution is 0.105. The van der Waals surface area contributed by atoms with Crippen LogP contribution in [0.1, 0.15) is 31.8 Å². The largest absolute Gasteiger partial charge is 0.744 e. The second-order valence-electron chi connectivity index (χ2n) is 10.5. The highest BCUT2D eigenvalue weighted by atomic mass is 32.2. The van der Waals surface area contributed by atoms with Crippen LogP contribution < -0.4 is 22.3 Å². The van der Waals surface area contributed by atoms with E-state index in [1.54, 1.807) is 24.3 Å². The molecule has 0 saturated heterocycles.